The number of hydrogen-bond donors (Lipinski definition) is 1. The summed E-state index contributed by atoms with van der Waals surface area (Å²) < 4.78 is 13.3. The average molecular weight is 299 g/mol. The minimum Gasteiger partial charge on any atom is -0.384 e. The molecule has 0 aliphatic heterocycles. The quantitative estimate of drug-likeness (QED) is 0.842. The third-order valence-corrected chi connectivity index (χ3v) is 3.83. The van der Waals surface area contributed by atoms with Crippen LogP contribution in [0.1, 0.15) is 28.4 Å². The minimum atomic E-state index is -0.852. The lowest BCUT2D eigenvalue weighted by molar-refractivity contribution is 0.218. The summed E-state index contributed by atoms with van der Waals surface area (Å²) >= 11 is 11.8. The topological polar surface area (TPSA) is 20.2 Å². The largest absolute Gasteiger partial charge is 0.384 e. The molecule has 100 valence electrons. The van der Waals surface area contributed by atoms with E-state index < -0.39 is 6.10 Å². The van der Waals surface area contributed by atoms with Gasteiger partial charge in [0.2, 0.25) is 0 Å². The fourth-order valence-corrected chi connectivity index (χ4v) is 2.51. The van der Waals surface area contributed by atoms with Gasteiger partial charge in [-0.1, -0.05) is 29.3 Å². The SMILES string of the molecule is Cc1cc(F)cc(C)c1C(O)c1ccc(Cl)c(Cl)c1. The molecule has 4 heteroatoms. The molecular formula is C15H13Cl2FO. The molecule has 0 aliphatic carbocycles. The number of rotatable bonds is 2. The molecular weight excluding hydrogens is 286 g/mol. The fourth-order valence-electron chi connectivity index (χ4n) is 2.20. The van der Waals surface area contributed by atoms with Crippen molar-refractivity contribution in [2.24, 2.45) is 0 Å². The van der Waals surface area contributed by atoms with E-state index in [9.17, 15) is 9.50 Å². The van der Waals surface area contributed by atoms with Gasteiger partial charge in [-0.05, 0) is 60.4 Å². The monoisotopic (exact) mass is 298 g/mol. The Labute approximate surface area is 121 Å². The maximum Gasteiger partial charge on any atom is 0.123 e. The van der Waals surface area contributed by atoms with Gasteiger partial charge in [0.1, 0.15) is 11.9 Å². The zero-order chi connectivity index (χ0) is 14.2. The Balaban J connectivity index is 2.49. The molecule has 0 saturated carbocycles. The highest BCUT2D eigenvalue weighted by Crippen LogP contribution is 2.32. The van der Waals surface area contributed by atoms with Crippen LogP contribution < -0.4 is 0 Å². The number of aliphatic hydroxyl groups excluding tert-OH is 1. The molecule has 0 aliphatic rings. The maximum absolute atomic E-state index is 13.3. The van der Waals surface area contributed by atoms with E-state index in [4.69, 9.17) is 23.2 Å². The standard InChI is InChI=1S/C15H13Cl2FO/c1-8-5-11(18)6-9(2)14(8)15(19)10-3-4-12(16)13(17)7-10/h3-7,15,19H,1-2H3. The van der Waals surface area contributed by atoms with E-state index in [1.54, 1.807) is 32.0 Å². The first kappa shape index (κ1) is 14.3. The Hall–Kier alpha value is -1.09. The zero-order valence-electron chi connectivity index (χ0n) is 10.5. The first-order valence-electron chi connectivity index (χ1n) is 5.80. The average Bonchev–Trinajstić information content (AvgIpc) is 2.31. The molecule has 0 saturated heterocycles. The van der Waals surface area contributed by atoms with Crippen LogP contribution in [0.25, 0.3) is 0 Å². The second-order valence-electron chi connectivity index (χ2n) is 4.53. The first-order chi connectivity index (χ1) is 8.90. The summed E-state index contributed by atoms with van der Waals surface area (Å²) in [4.78, 5) is 0. The normalized spacial score (nSPS) is 12.5. The Morgan fingerprint density at radius 2 is 1.58 bits per heavy atom. The van der Waals surface area contributed by atoms with Gasteiger partial charge in [-0.25, -0.2) is 4.39 Å². The van der Waals surface area contributed by atoms with Gasteiger partial charge in [0, 0.05) is 0 Å². The molecule has 0 radical (unpaired) electrons. The highest BCUT2D eigenvalue weighted by molar-refractivity contribution is 6.42. The van der Waals surface area contributed by atoms with Crippen molar-refractivity contribution < 1.29 is 9.50 Å². The van der Waals surface area contributed by atoms with Gasteiger partial charge in [0.05, 0.1) is 10.0 Å². The molecule has 1 unspecified atom stereocenters. The van der Waals surface area contributed by atoms with Crippen LogP contribution in [-0.4, -0.2) is 5.11 Å². The number of hydrogen-bond acceptors (Lipinski definition) is 1. The van der Waals surface area contributed by atoms with E-state index in [1.165, 1.54) is 12.1 Å². The van der Waals surface area contributed by atoms with Crippen molar-refractivity contribution in [2.75, 3.05) is 0 Å². The molecule has 0 amide bonds. The van der Waals surface area contributed by atoms with E-state index in [-0.39, 0.29) is 5.82 Å². The second kappa shape index (κ2) is 5.49. The number of aliphatic hydroxyl groups is 1. The molecule has 0 fully saturated rings. The van der Waals surface area contributed by atoms with Gasteiger partial charge in [-0.2, -0.15) is 0 Å². The van der Waals surface area contributed by atoms with Crippen molar-refractivity contribution >= 4 is 23.2 Å². The van der Waals surface area contributed by atoms with Crippen molar-refractivity contribution in [2.45, 2.75) is 20.0 Å². The fraction of sp³-hybridized carbons (Fsp3) is 0.200. The highest BCUT2D eigenvalue weighted by Gasteiger charge is 2.17. The van der Waals surface area contributed by atoms with Gasteiger partial charge in [-0.3, -0.25) is 0 Å². The molecule has 1 nitrogen and oxygen atoms in total. The molecule has 0 aromatic heterocycles. The predicted octanol–water partition coefficient (Wildman–Crippen LogP) is 4.83. The van der Waals surface area contributed by atoms with E-state index in [0.29, 0.717) is 32.3 Å². The van der Waals surface area contributed by atoms with Gasteiger partial charge < -0.3 is 5.11 Å². The Bertz CT molecular complexity index is 603. The van der Waals surface area contributed by atoms with Crippen molar-refractivity contribution in [1.29, 1.82) is 0 Å². The minimum absolute atomic E-state index is 0.305. The van der Waals surface area contributed by atoms with E-state index >= 15 is 0 Å². The zero-order valence-corrected chi connectivity index (χ0v) is 12.1. The van der Waals surface area contributed by atoms with Crippen LogP contribution in [0.4, 0.5) is 4.39 Å². The van der Waals surface area contributed by atoms with E-state index in [0.717, 1.165) is 0 Å². The molecule has 0 heterocycles. The lowest BCUT2D eigenvalue weighted by Gasteiger charge is -2.17. The smallest absolute Gasteiger partial charge is 0.123 e. The third-order valence-electron chi connectivity index (χ3n) is 3.09. The molecule has 1 N–H and O–H groups in total. The molecule has 0 bridgehead atoms. The van der Waals surface area contributed by atoms with Crippen LogP contribution in [0.5, 0.6) is 0 Å². The summed E-state index contributed by atoms with van der Waals surface area (Å²) in [5.74, 6) is -0.305. The Morgan fingerprint density at radius 1 is 1.00 bits per heavy atom. The lowest BCUT2D eigenvalue weighted by atomic mass is 9.93. The number of aryl methyl sites for hydroxylation is 2. The first-order valence-corrected chi connectivity index (χ1v) is 6.55. The predicted molar refractivity (Wildman–Crippen MR) is 76.4 cm³/mol. The van der Waals surface area contributed by atoms with Gasteiger partial charge in [-0.15, -0.1) is 0 Å². The molecule has 2 aromatic rings. The molecule has 2 aromatic carbocycles. The number of halogens is 3. The number of benzene rings is 2. The van der Waals surface area contributed by atoms with Crippen molar-refractivity contribution in [3.05, 3.63) is 68.4 Å². The van der Waals surface area contributed by atoms with Crippen molar-refractivity contribution in [3.8, 4) is 0 Å². The Morgan fingerprint density at radius 3 is 2.11 bits per heavy atom. The van der Waals surface area contributed by atoms with Crippen LogP contribution in [0.3, 0.4) is 0 Å². The Kier molecular flexibility index (Phi) is 4.14. The summed E-state index contributed by atoms with van der Waals surface area (Å²) in [6.45, 7) is 3.54. The molecule has 1 atom stereocenters. The van der Waals surface area contributed by atoms with Crippen LogP contribution in [-0.2, 0) is 0 Å². The summed E-state index contributed by atoms with van der Waals surface area (Å²) in [5.41, 5.74) is 2.74. The van der Waals surface area contributed by atoms with Crippen molar-refractivity contribution in [3.63, 3.8) is 0 Å². The van der Waals surface area contributed by atoms with Crippen LogP contribution in [0.15, 0.2) is 30.3 Å². The van der Waals surface area contributed by atoms with Crippen LogP contribution in [0, 0.1) is 19.7 Å². The van der Waals surface area contributed by atoms with Gasteiger partial charge >= 0.3 is 0 Å². The van der Waals surface area contributed by atoms with Gasteiger partial charge in [0.15, 0.2) is 0 Å². The maximum atomic E-state index is 13.3. The summed E-state index contributed by atoms with van der Waals surface area (Å²) in [6, 6.07) is 7.78. The van der Waals surface area contributed by atoms with Crippen LogP contribution in [0.2, 0.25) is 10.0 Å². The second-order valence-corrected chi connectivity index (χ2v) is 5.34. The van der Waals surface area contributed by atoms with E-state index in [1.807, 2.05) is 0 Å². The highest BCUT2D eigenvalue weighted by atomic mass is 35.5. The third kappa shape index (κ3) is 2.92. The molecule has 2 rings (SSSR count). The lowest BCUT2D eigenvalue weighted by Crippen LogP contribution is -2.05. The van der Waals surface area contributed by atoms with Gasteiger partial charge in [0.25, 0.3) is 0 Å². The summed E-state index contributed by atoms with van der Waals surface area (Å²) in [6.07, 6.45) is -0.852. The van der Waals surface area contributed by atoms with E-state index in [2.05, 4.69) is 0 Å². The van der Waals surface area contributed by atoms with Crippen LogP contribution >= 0.6 is 23.2 Å². The summed E-state index contributed by atoms with van der Waals surface area (Å²) in [7, 11) is 0. The van der Waals surface area contributed by atoms with Crippen molar-refractivity contribution in [1.82, 2.24) is 0 Å². The molecule has 19 heavy (non-hydrogen) atoms. The molecule has 0 spiro atoms. The summed E-state index contributed by atoms with van der Waals surface area (Å²) in [5, 5.41) is 11.3.